The molecule has 0 bridgehead atoms. The zero-order valence-electron chi connectivity index (χ0n) is 11.1. The predicted molar refractivity (Wildman–Crippen MR) is 73.5 cm³/mol. The number of nitrogens with zero attached hydrogens (tertiary/aromatic N) is 1. The molecule has 1 aromatic rings. The Kier molecular flexibility index (Phi) is 4.37. The van der Waals surface area contributed by atoms with Crippen molar-refractivity contribution in [3.05, 3.63) is 35.4 Å². The van der Waals surface area contributed by atoms with Gasteiger partial charge in [0.1, 0.15) is 0 Å². The molecule has 0 aliphatic carbocycles. The first kappa shape index (κ1) is 13.1. The lowest BCUT2D eigenvalue weighted by Crippen LogP contribution is -2.42. The van der Waals surface area contributed by atoms with Crippen LogP contribution in [-0.2, 0) is 6.42 Å². The van der Waals surface area contributed by atoms with E-state index < -0.39 is 0 Å². The van der Waals surface area contributed by atoms with Crippen molar-refractivity contribution in [2.45, 2.75) is 38.6 Å². The Balaban J connectivity index is 2.14. The van der Waals surface area contributed by atoms with E-state index in [2.05, 4.69) is 6.92 Å². The Morgan fingerprint density at radius 1 is 1.44 bits per heavy atom. The van der Waals surface area contributed by atoms with Crippen LogP contribution in [-0.4, -0.2) is 29.9 Å². The minimum Gasteiger partial charge on any atom is -0.336 e. The van der Waals surface area contributed by atoms with Crippen LogP contribution in [0.15, 0.2) is 24.3 Å². The molecule has 98 valence electrons. The number of hydrogen-bond acceptors (Lipinski definition) is 2. The first-order chi connectivity index (χ1) is 8.72. The second-order valence-electron chi connectivity index (χ2n) is 5.08. The SMILES string of the molecule is CC1CCCCN1C(=O)c1cccc(CCN)c1. The van der Waals surface area contributed by atoms with Gasteiger partial charge in [0.25, 0.3) is 5.91 Å². The molecule has 0 aromatic heterocycles. The van der Waals surface area contributed by atoms with Crippen LogP contribution in [0.2, 0.25) is 0 Å². The summed E-state index contributed by atoms with van der Waals surface area (Å²) in [4.78, 5) is 14.5. The second kappa shape index (κ2) is 6.01. The summed E-state index contributed by atoms with van der Waals surface area (Å²) in [5.41, 5.74) is 7.50. The predicted octanol–water partition coefficient (Wildman–Crippen LogP) is 2.20. The van der Waals surface area contributed by atoms with Crippen molar-refractivity contribution >= 4 is 5.91 Å². The van der Waals surface area contributed by atoms with Gasteiger partial charge < -0.3 is 10.6 Å². The number of hydrogen-bond donors (Lipinski definition) is 1. The van der Waals surface area contributed by atoms with Gasteiger partial charge in [-0.2, -0.15) is 0 Å². The Hall–Kier alpha value is -1.35. The van der Waals surface area contributed by atoms with Gasteiger partial charge in [0.2, 0.25) is 0 Å². The van der Waals surface area contributed by atoms with Crippen LogP contribution >= 0.6 is 0 Å². The number of amides is 1. The summed E-state index contributed by atoms with van der Waals surface area (Å²) < 4.78 is 0. The lowest BCUT2D eigenvalue weighted by molar-refractivity contribution is 0.0635. The van der Waals surface area contributed by atoms with E-state index in [1.54, 1.807) is 0 Å². The molecule has 1 heterocycles. The molecular formula is C15H22N2O. The van der Waals surface area contributed by atoms with Gasteiger partial charge in [0, 0.05) is 18.2 Å². The summed E-state index contributed by atoms with van der Waals surface area (Å²) in [5.74, 6) is 0.168. The highest BCUT2D eigenvalue weighted by Gasteiger charge is 2.24. The Labute approximate surface area is 109 Å². The van der Waals surface area contributed by atoms with Gasteiger partial charge in [0.15, 0.2) is 0 Å². The van der Waals surface area contributed by atoms with Crippen molar-refractivity contribution in [1.29, 1.82) is 0 Å². The molecule has 1 aliphatic rings. The highest BCUT2D eigenvalue weighted by molar-refractivity contribution is 5.94. The maximum Gasteiger partial charge on any atom is 0.254 e. The van der Waals surface area contributed by atoms with Crippen molar-refractivity contribution in [2.24, 2.45) is 5.73 Å². The van der Waals surface area contributed by atoms with E-state index >= 15 is 0 Å². The van der Waals surface area contributed by atoms with E-state index in [1.165, 1.54) is 6.42 Å². The van der Waals surface area contributed by atoms with Gasteiger partial charge in [-0.15, -0.1) is 0 Å². The molecule has 0 saturated carbocycles. The van der Waals surface area contributed by atoms with Crippen LogP contribution in [0.4, 0.5) is 0 Å². The van der Waals surface area contributed by atoms with Gasteiger partial charge in [-0.3, -0.25) is 4.79 Å². The number of piperidine rings is 1. The first-order valence-electron chi connectivity index (χ1n) is 6.82. The number of likely N-dealkylation sites (tertiary alicyclic amines) is 1. The zero-order valence-corrected chi connectivity index (χ0v) is 11.1. The summed E-state index contributed by atoms with van der Waals surface area (Å²) in [6.07, 6.45) is 4.31. The topological polar surface area (TPSA) is 46.3 Å². The minimum atomic E-state index is 0.168. The summed E-state index contributed by atoms with van der Waals surface area (Å²) in [7, 11) is 0. The molecular weight excluding hydrogens is 224 g/mol. The fourth-order valence-electron chi connectivity index (χ4n) is 2.59. The van der Waals surface area contributed by atoms with Gasteiger partial charge in [-0.1, -0.05) is 12.1 Å². The Morgan fingerprint density at radius 2 is 2.28 bits per heavy atom. The molecule has 1 aromatic carbocycles. The van der Waals surface area contributed by atoms with Gasteiger partial charge in [-0.25, -0.2) is 0 Å². The molecule has 18 heavy (non-hydrogen) atoms. The summed E-state index contributed by atoms with van der Waals surface area (Å²) >= 11 is 0. The monoisotopic (exact) mass is 246 g/mol. The smallest absolute Gasteiger partial charge is 0.254 e. The second-order valence-corrected chi connectivity index (χ2v) is 5.08. The first-order valence-corrected chi connectivity index (χ1v) is 6.82. The number of benzene rings is 1. The average molecular weight is 246 g/mol. The van der Waals surface area contributed by atoms with Crippen molar-refractivity contribution < 1.29 is 4.79 Å². The number of rotatable bonds is 3. The summed E-state index contributed by atoms with van der Waals surface area (Å²) in [6.45, 7) is 3.65. The number of carbonyl (C=O) groups excluding carboxylic acids is 1. The van der Waals surface area contributed by atoms with E-state index in [-0.39, 0.29) is 5.91 Å². The zero-order chi connectivity index (χ0) is 13.0. The Bertz CT molecular complexity index is 417. The van der Waals surface area contributed by atoms with Crippen LogP contribution in [0.1, 0.15) is 42.1 Å². The summed E-state index contributed by atoms with van der Waals surface area (Å²) in [5, 5.41) is 0. The van der Waals surface area contributed by atoms with E-state index in [4.69, 9.17) is 5.73 Å². The van der Waals surface area contributed by atoms with E-state index in [9.17, 15) is 4.79 Å². The van der Waals surface area contributed by atoms with Crippen LogP contribution in [0.5, 0.6) is 0 Å². The maximum absolute atomic E-state index is 12.5. The highest BCUT2D eigenvalue weighted by Crippen LogP contribution is 2.19. The van der Waals surface area contributed by atoms with Crippen molar-refractivity contribution in [3.8, 4) is 0 Å². The van der Waals surface area contributed by atoms with E-state index in [1.807, 2.05) is 29.2 Å². The molecule has 1 unspecified atom stereocenters. The minimum absolute atomic E-state index is 0.168. The largest absolute Gasteiger partial charge is 0.336 e. The molecule has 3 nitrogen and oxygen atoms in total. The third-order valence-corrected chi connectivity index (χ3v) is 3.67. The number of nitrogens with two attached hydrogens (primary N) is 1. The van der Waals surface area contributed by atoms with Crippen LogP contribution < -0.4 is 5.73 Å². The highest BCUT2D eigenvalue weighted by atomic mass is 16.2. The van der Waals surface area contributed by atoms with Crippen molar-refractivity contribution in [2.75, 3.05) is 13.1 Å². The third kappa shape index (κ3) is 2.91. The Morgan fingerprint density at radius 3 is 3.00 bits per heavy atom. The van der Waals surface area contributed by atoms with Crippen LogP contribution in [0, 0.1) is 0 Å². The molecule has 2 rings (SSSR count). The fourth-order valence-corrected chi connectivity index (χ4v) is 2.59. The molecule has 2 N–H and O–H groups in total. The molecule has 1 fully saturated rings. The maximum atomic E-state index is 12.5. The van der Waals surface area contributed by atoms with Gasteiger partial charge in [0.05, 0.1) is 0 Å². The van der Waals surface area contributed by atoms with E-state index in [0.29, 0.717) is 12.6 Å². The average Bonchev–Trinajstić information content (AvgIpc) is 2.39. The lowest BCUT2D eigenvalue weighted by Gasteiger charge is -2.33. The molecule has 1 amide bonds. The quantitative estimate of drug-likeness (QED) is 0.888. The van der Waals surface area contributed by atoms with E-state index in [0.717, 1.165) is 36.9 Å². The van der Waals surface area contributed by atoms with Crippen molar-refractivity contribution in [1.82, 2.24) is 4.90 Å². The van der Waals surface area contributed by atoms with Gasteiger partial charge >= 0.3 is 0 Å². The normalized spacial score (nSPS) is 19.9. The molecule has 1 atom stereocenters. The number of carbonyl (C=O) groups is 1. The third-order valence-electron chi connectivity index (χ3n) is 3.67. The fraction of sp³-hybridized carbons (Fsp3) is 0.533. The molecule has 1 aliphatic heterocycles. The molecule has 0 spiro atoms. The standard InChI is InChI=1S/C15H22N2O/c1-12-5-2-3-10-17(12)15(18)14-7-4-6-13(11-14)8-9-16/h4,6-7,11-12H,2-3,5,8-10,16H2,1H3. The van der Waals surface area contributed by atoms with Crippen molar-refractivity contribution in [3.63, 3.8) is 0 Å². The molecule has 1 saturated heterocycles. The van der Waals surface area contributed by atoms with Gasteiger partial charge in [-0.05, 0) is 56.8 Å². The van der Waals surface area contributed by atoms with Crippen LogP contribution in [0.3, 0.4) is 0 Å². The van der Waals surface area contributed by atoms with Crippen LogP contribution in [0.25, 0.3) is 0 Å². The summed E-state index contributed by atoms with van der Waals surface area (Å²) in [6, 6.07) is 8.24. The molecule has 0 radical (unpaired) electrons. The lowest BCUT2D eigenvalue weighted by atomic mass is 10.0. The molecule has 3 heteroatoms.